The highest BCUT2D eigenvalue weighted by molar-refractivity contribution is 5.39. The molecule has 0 aliphatic heterocycles. The van der Waals surface area contributed by atoms with Gasteiger partial charge in [-0.2, -0.15) is 0 Å². The summed E-state index contributed by atoms with van der Waals surface area (Å²) < 4.78 is 0. The standard InChI is InChI=1S/C17H23N3/c1-3-12-18-13-16-10-7-11-17(19-16)20(2)14-15-8-5-4-6-9-15/h4-11,18H,3,12-14H2,1-2H3. The van der Waals surface area contributed by atoms with Crippen molar-refractivity contribution in [1.29, 1.82) is 0 Å². The molecule has 0 unspecified atom stereocenters. The smallest absolute Gasteiger partial charge is 0.128 e. The number of rotatable bonds is 7. The Morgan fingerprint density at radius 3 is 2.60 bits per heavy atom. The SMILES string of the molecule is CCCNCc1cccc(N(C)Cc2ccccc2)n1. The molecule has 0 aliphatic carbocycles. The lowest BCUT2D eigenvalue weighted by Crippen LogP contribution is -2.19. The van der Waals surface area contributed by atoms with Crippen LogP contribution in [-0.2, 0) is 13.1 Å². The zero-order valence-electron chi connectivity index (χ0n) is 12.3. The molecule has 106 valence electrons. The van der Waals surface area contributed by atoms with Gasteiger partial charge in [0.1, 0.15) is 5.82 Å². The average Bonchev–Trinajstić information content (AvgIpc) is 2.49. The van der Waals surface area contributed by atoms with E-state index in [4.69, 9.17) is 4.98 Å². The first-order chi connectivity index (χ1) is 9.79. The maximum absolute atomic E-state index is 4.70. The summed E-state index contributed by atoms with van der Waals surface area (Å²) in [5.41, 5.74) is 2.39. The molecule has 0 atom stereocenters. The number of pyridine rings is 1. The van der Waals surface area contributed by atoms with Crippen molar-refractivity contribution in [2.45, 2.75) is 26.4 Å². The van der Waals surface area contributed by atoms with E-state index in [1.54, 1.807) is 0 Å². The summed E-state index contributed by atoms with van der Waals surface area (Å²) in [6.07, 6.45) is 1.15. The van der Waals surface area contributed by atoms with E-state index in [0.717, 1.165) is 37.6 Å². The number of hydrogen-bond donors (Lipinski definition) is 1. The summed E-state index contributed by atoms with van der Waals surface area (Å²) in [7, 11) is 2.08. The topological polar surface area (TPSA) is 28.2 Å². The largest absolute Gasteiger partial charge is 0.355 e. The quantitative estimate of drug-likeness (QED) is 0.782. The lowest BCUT2D eigenvalue weighted by Gasteiger charge is -2.19. The molecule has 3 nitrogen and oxygen atoms in total. The van der Waals surface area contributed by atoms with Crippen molar-refractivity contribution in [2.24, 2.45) is 0 Å². The molecule has 0 fully saturated rings. The van der Waals surface area contributed by atoms with Gasteiger partial charge >= 0.3 is 0 Å². The lowest BCUT2D eigenvalue weighted by atomic mass is 10.2. The molecular formula is C17H23N3. The fourth-order valence-electron chi connectivity index (χ4n) is 2.11. The number of nitrogens with zero attached hydrogens (tertiary/aromatic N) is 2. The Kier molecular flexibility index (Phi) is 5.56. The molecule has 2 rings (SSSR count). The van der Waals surface area contributed by atoms with Crippen LogP contribution in [0, 0.1) is 0 Å². The van der Waals surface area contributed by atoms with E-state index in [2.05, 4.69) is 66.7 Å². The Morgan fingerprint density at radius 1 is 1.05 bits per heavy atom. The third kappa shape index (κ3) is 4.35. The van der Waals surface area contributed by atoms with Gasteiger partial charge < -0.3 is 10.2 Å². The molecule has 20 heavy (non-hydrogen) atoms. The first-order valence-corrected chi connectivity index (χ1v) is 7.21. The van der Waals surface area contributed by atoms with E-state index in [0.29, 0.717) is 0 Å². The molecule has 1 heterocycles. The fraction of sp³-hybridized carbons (Fsp3) is 0.353. The van der Waals surface area contributed by atoms with Crippen molar-refractivity contribution in [3.05, 3.63) is 59.8 Å². The molecule has 2 aromatic rings. The predicted octanol–water partition coefficient (Wildman–Crippen LogP) is 3.22. The molecule has 0 saturated heterocycles. The maximum atomic E-state index is 4.70. The van der Waals surface area contributed by atoms with Crippen LogP contribution in [0.3, 0.4) is 0 Å². The number of anilines is 1. The minimum atomic E-state index is 0.834. The maximum Gasteiger partial charge on any atom is 0.128 e. The Hall–Kier alpha value is -1.87. The summed E-state index contributed by atoms with van der Waals surface area (Å²) in [6.45, 7) is 4.91. The summed E-state index contributed by atoms with van der Waals surface area (Å²) in [5, 5.41) is 3.39. The van der Waals surface area contributed by atoms with Gasteiger partial charge in [0.25, 0.3) is 0 Å². The predicted molar refractivity (Wildman–Crippen MR) is 84.8 cm³/mol. The van der Waals surface area contributed by atoms with Crippen molar-refractivity contribution in [3.8, 4) is 0 Å². The van der Waals surface area contributed by atoms with Gasteiger partial charge in [-0.25, -0.2) is 4.98 Å². The van der Waals surface area contributed by atoms with Gasteiger partial charge in [0.2, 0.25) is 0 Å². The molecular weight excluding hydrogens is 246 g/mol. The van der Waals surface area contributed by atoms with Crippen LogP contribution in [0.5, 0.6) is 0 Å². The van der Waals surface area contributed by atoms with E-state index in [9.17, 15) is 0 Å². The molecule has 3 heteroatoms. The average molecular weight is 269 g/mol. The lowest BCUT2D eigenvalue weighted by molar-refractivity contribution is 0.663. The third-order valence-corrected chi connectivity index (χ3v) is 3.18. The summed E-state index contributed by atoms with van der Waals surface area (Å²) in [5.74, 6) is 1.02. The third-order valence-electron chi connectivity index (χ3n) is 3.18. The summed E-state index contributed by atoms with van der Waals surface area (Å²) >= 11 is 0. The Bertz CT molecular complexity index is 511. The Balaban J connectivity index is 1.99. The first kappa shape index (κ1) is 14.5. The van der Waals surface area contributed by atoms with Crippen LogP contribution in [-0.4, -0.2) is 18.6 Å². The van der Waals surface area contributed by atoms with Gasteiger partial charge in [-0.1, -0.05) is 43.3 Å². The molecule has 1 aromatic heterocycles. The molecule has 1 aromatic carbocycles. The normalized spacial score (nSPS) is 10.5. The zero-order chi connectivity index (χ0) is 14.2. The van der Waals surface area contributed by atoms with Crippen LogP contribution in [0.25, 0.3) is 0 Å². The molecule has 0 radical (unpaired) electrons. The van der Waals surface area contributed by atoms with Gasteiger partial charge in [0.15, 0.2) is 0 Å². The van der Waals surface area contributed by atoms with E-state index < -0.39 is 0 Å². The highest BCUT2D eigenvalue weighted by atomic mass is 15.2. The van der Waals surface area contributed by atoms with Gasteiger partial charge in [0.05, 0.1) is 5.69 Å². The second-order valence-electron chi connectivity index (χ2n) is 5.01. The second-order valence-corrected chi connectivity index (χ2v) is 5.01. The van der Waals surface area contributed by atoms with Crippen LogP contribution in [0.4, 0.5) is 5.82 Å². The molecule has 0 spiro atoms. The summed E-state index contributed by atoms with van der Waals surface area (Å²) in [4.78, 5) is 6.88. The number of aromatic nitrogens is 1. The minimum Gasteiger partial charge on any atom is -0.355 e. The molecule has 0 saturated carbocycles. The number of benzene rings is 1. The van der Waals surface area contributed by atoms with Gasteiger partial charge in [-0.15, -0.1) is 0 Å². The van der Waals surface area contributed by atoms with Crippen LogP contribution >= 0.6 is 0 Å². The Labute approximate surface area is 121 Å². The van der Waals surface area contributed by atoms with E-state index in [-0.39, 0.29) is 0 Å². The number of hydrogen-bond acceptors (Lipinski definition) is 3. The van der Waals surface area contributed by atoms with Gasteiger partial charge in [-0.3, -0.25) is 0 Å². The monoisotopic (exact) mass is 269 g/mol. The minimum absolute atomic E-state index is 0.834. The molecule has 0 bridgehead atoms. The molecule has 0 aliphatic rings. The molecule has 1 N–H and O–H groups in total. The molecule has 0 amide bonds. The zero-order valence-corrected chi connectivity index (χ0v) is 12.3. The van der Waals surface area contributed by atoms with Crippen LogP contribution in [0.1, 0.15) is 24.6 Å². The first-order valence-electron chi connectivity index (χ1n) is 7.21. The van der Waals surface area contributed by atoms with Gasteiger partial charge in [0, 0.05) is 20.1 Å². The van der Waals surface area contributed by atoms with Crippen molar-refractivity contribution in [3.63, 3.8) is 0 Å². The van der Waals surface area contributed by atoms with Crippen molar-refractivity contribution < 1.29 is 0 Å². The Morgan fingerprint density at radius 2 is 1.85 bits per heavy atom. The highest BCUT2D eigenvalue weighted by Gasteiger charge is 2.04. The van der Waals surface area contributed by atoms with E-state index in [1.807, 2.05) is 6.07 Å². The summed E-state index contributed by atoms with van der Waals surface area (Å²) in [6, 6.07) is 16.7. The fourth-order valence-corrected chi connectivity index (χ4v) is 2.11. The van der Waals surface area contributed by atoms with Crippen molar-refractivity contribution in [2.75, 3.05) is 18.5 Å². The van der Waals surface area contributed by atoms with Crippen molar-refractivity contribution in [1.82, 2.24) is 10.3 Å². The van der Waals surface area contributed by atoms with Crippen LogP contribution in [0.2, 0.25) is 0 Å². The number of nitrogens with one attached hydrogen (secondary N) is 1. The van der Waals surface area contributed by atoms with Gasteiger partial charge in [-0.05, 0) is 30.7 Å². The van der Waals surface area contributed by atoms with Crippen LogP contribution in [0.15, 0.2) is 48.5 Å². The van der Waals surface area contributed by atoms with E-state index >= 15 is 0 Å². The second kappa shape index (κ2) is 7.65. The van der Waals surface area contributed by atoms with E-state index in [1.165, 1.54) is 5.56 Å². The van der Waals surface area contributed by atoms with Crippen molar-refractivity contribution >= 4 is 5.82 Å². The highest BCUT2D eigenvalue weighted by Crippen LogP contribution is 2.13. The van der Waals surface area contributed by atoms with Crippen LogP contribution < -0.4 is 10.2 Å².